The largest absolute Gasteiger partial charge is 0.462 e. The maximum Gasteiger partial charge on any atom is 0.338 e. The van der Waals surface area contributed by atoms with Gasteiger partial charge in [-0.2, -0.15) is 5.26 Å². The summed E-state index contributed by atoms with van der Waals surface area (Å²) in [5.41, 5.74) is 0.908. The second-order valence-electron chi connectivity index (χ2n) is 7.10. The first-order valence-corrected chi connectivity index (χ1v) is 10.3. The zero-order valence-corrected chi connectivity index (χ0v) is 18.3. The molecule has 3 aromatic rings. The van der Waals surface area contributed by atoms with E-state index in [9.17, 15) is 14.4 Å². The second-order valence-corrected chi connectivity index (χ2v) is 7.50. The third-order valence-corrected chi connectivity index (χ3v) is 5.45. The van der Waals surface area contributed by atoms with E-state index in [1.54, 1.807) is 51.1 Å². The number of halogens is 1. The van der Waals surface area contributed by atoms with Crippen LogP contribution in [0.3, 0.4) is 0 Å². The number of benzene rings is 2. The Balaban J connectivity index is 2.47. The van der Waals surface area contributed by atoms with Crippen molar-refractivity contribution in [2.75, 3.05) is 6.61 Å². The van der Waals surface area contributed by atoms with Gasteiger partial charge in [0, 0.05) is 13.0 Å². The molecule has 0 amide bonds. The van der Waals surface area contributed by atoms with Crippen molar-refractivity contribution in [3.63, 3.8) is 0 Å². The third kappa shape index (κ3) is 3.99. The van der Waals surface area contributed by atoms with E-state index in [1.807, 2.05) is 0 Å². The van der Waals surface area contributed by atoms with Crippen LogP contribution in [0.5, 0.6) is 0 Å². The Morgan fingerprint density at radius 2 is 1.94 bits per heavy atom. The summed E-state index contributed by atoms with van der Waals surface area (Å²) in [6, 6.07) is 10.3. The summed E-state index contributed by atoms with van der Waals surface area (Å²) in [5.74, 6) is -0.523. The minimum Gasteiger partial charge on any atom is -0.462 e. The molecule has 0 unspecified atom stereocenters. The van der Waals surface area contributed by atoms with Crippen LogP contribution in [-0.4, -0.2) is 21.7 Å². The number of hydrogen-bond acceptors (Lipinski definition) is 5. The standard InChI is InChI=1S/C23H22ClN3O4/c1-4-31-22(29)19-14(2)13-18-20(15(19)3)21(28)27(17-10-6-5-9-16(17)24)23(30)26(18)12-8-7-11-25/h5-6,9-10,13H,4,7-8,12H2,1-3H3. The SMILES string of the molecule is CCOC(=O)c1c(C)cc2c(c1C)c(=O)n(-c1ccccc1Cl)c(=O)n2CCCC#N. The van der Waals surface area contributed by atoms with Crippen molar-refractivity contribution in [2.45, 2.75) is 40.2 Å². The lowest BCUT2D eigenvalue weighted by Gasteiger charge is -2.18. The smallest absolute Gasteiger partial charge is 0.338 e. The Morgan fingerprint density at radius 3 is 2.58 bits per heavy atom. The van der Waals surface area contributed by atoms with Crippen molar-refractivity contribution in [1.29, 1.82) is 5.26 Å². The summed E-state index contributed by atoms with van der Waals surface area (Å²) in [4.78, 5) is 39.5. The van der Waals surface area contributed by atoms with E-state index in [0.29, 0.717) is 28.6 Å². The van der Waals surface area contributed by atoms with Gasteiger partial charge in [-0.05, 0) is 56.5 Å². The van der Waals surface area contributed by atoms with Gasteiger partial charge in [0.05, 0.1) is 39.9 Å². The number of hydrogen-bond donors (Lipinski definition) is 0. The third-order valence-electron chi connectivity index (χ3n) is 5.13. The zero-order valence-electron chi connectivity index (χ0n) is 17.6. The molecule has 31 heavy (non-hydrogen) atoms. The molecular weight excluding hydrogens is 418 g/mol. The van der Waals surface area contributed by atoms with Crippen LogP contribution in [0.25, 0.3) is 16.6 Å². The second kappa shape index (κ2) is 9.19. The van der Waals surface area contributed by atoms with Crippen LogP contribution in [0.15, 0.2) is 39.9 Å². The van der Waals surface area contributed by atoms with Gasteiger partial charge >= 0.3 is 11.7 Å². The van der Waals surface area contributed by atoms with Crippen LogP contribution in [0.2, 0.25) is 5.02 Å². The Hall–Kier alpha value is -3.37. The average Bonchev–Trinajstić information content (AvgIpc) is 2.71. The molecule has 0 saturated carbocycles. The van der Waals surface area contributed by atoms with Gasteiger partial charge in [0.2, 0.25) is 0 Å². The molecule has 1 heterocycles. The molecule has 0 bridgehead atoms. The van der Waals surface area contributed by atoms with E-state index in [2.05, 4.69) is 6.07 Å². The highest BCUT2D eigenvalue weighted by Crippen LogP contribution is 2.25. The van der Waals surface area contributed by atoms with Crippen LogP contribution in [0.1, 0.15) is 41.3 Å². The van der Waals surface area contributed by atoms with E-state index in [1.165, 1.54) is 4.57 Å². The van der Waals surface area contributed by atoms with Crippen molar-refractivity contribution in [3.8, 4) is 11.8 Å². The fraction of sp³-hybridized carbons (Fsp3) is 0.304. The van der Waals surface area contributed by atoms with Gasteiger partial charge in [0.25, 0.3) is 5.56 Å². The monoisotopic (exact) mass is 439 g/mol. The summed E-state index contributed by atoms with van der Waals surface area (Å²) < 4.78 is 7.66. The Labute approximate surface area is 184 Å². The van der Waals surface area contributed by atoms with Crippen LogP contribution in [0, 0.1) is 25.2 Å². The highest BCUT2D eigenvalue weighted by Gasteiger charge is 2.23. The number of aryl methyl sites for hydroxylation is 3. The first-order chi connectivity index (χ1) is 14.8. The predicted octanol–water partition coefficient (Wildman–Crippen LogP) is 3.90. The Bertz CT molecular complexity index is 1330. The number of ether oxygens (including phenoxy) is 1. The predicted molar refractivity (Wildman–Crippen MR) is 119 cm³/mol. The molecule has 1 aromatic heterocycles. The van der Waals surface area contributed by atoms with Crippen molar-refractivity contribution in [1.82, 2.24) is 9.13 Å². The molecule has 160 valence electrons. The number of aromatic nitrogens is 2. The highest BCUT2D eigenvalue weighted by atomic mass is 35.5. The Kier molecular flexibility index (Phi) is 6.62. The Morgan fingerprint density at radius 1 is 1.23 bits per heavy atom. The number of carbonyl (C=O) groups excluding carboxylic acids is 1. The van der Waals surface area contributed by atoms with Crippen LogP contribution in [-0.2, 0) is 11.3 Å². The number of esters is 1. The molecule has 7 nitrogen and oxygen atoms in total. The molecule has 0 fully saturated rings. The molecule has 0 aliphatic heterocycles. The summed E-state index contributed by atoms with van der Waals surface area (Å²) >= 11 is 6.30. The van der Waals surface area contributed by atoms with Crippen molar-refractivity contribution in [3.05, 3.63) is 72.9 Å². The number of rotatable bonds is 6. The van der Waals surface area contributed by atoms with Gasteiger partial charge in [-0.25, -0.2) is 14.2 Å². The molecule has 0 N–H and O–H groups in total. The van der Waals surface area contributed by atoms with E-state index >= 15 is 0 Å². The number of fused-ring (bicyclic) bond motifs is 1. The first kappa shape index (κ1) is 22.3. The molecule has 0 aliphatic rings. The summed E-state index contributed by atoms with van der Waals surface area (Å²) in [6.45, 7) is 5.56. The molecule has 8 heteroatoms. The van der Waals surface area contributed by atoms with E-state index in [-0.39, 0.29) is 35.7 Å². The van der Waals surface area contributed by atoms with E-state index in [4.69, 9.17) is 21.6 Å². The number of unbranched alkanes of at least 4 members (excludes halogenated alkanes) is 1. The lowest BCUT2D eigenvalue weighted by molar-refractivity contribution is 0.0525. The maximum absolute atomic E-state index is 13.5. The highest BCUT2D eigenvalue weighted by molar-refractivity contribution is 6.32. The number of carbonyl (C=O) groups is 1. The molecule has 0 aliphatic carbocycles. The number of para-hydroxylation sites is 1. The van der Waals surface area contributed by atoms with Gasteiger partial charge in [-0.3, -0.25) is 9.36 Å². The van der Waals surface area contributed by atoms with Crippen LogP contribution >= 0.6 is 11.6 Å². The van der Waals surface area contributed by atoms with Crippen molar-refractivity contribution >= 4 is 28.5 Å². The van der Waals surface area contributed by atoms with Gasteiger partial charge in [0.1, 0.15) is 0 Å². The fourth-order valence-electron chi connectivity index (χ4n) is 3.76. The van der Waals surface area contributed by atoms with Gasteiger partial charge in [-0.1, -0.05) is 23.7 Å². The zero-order chi connectivity index (χ0) is 22.7. The van der Waals surface area contributed by atoms with E-state index in [0.717, 1.165) is 4.57 Å². The molecular formula is C23H22ClN3O4. The molecule has 2 aromatic carbocycles. The molecule has 0 atom stereocenters. The molecule has 3 rings (SSSR count). The van der Waals surface area contributed by atoms with E-state index < -0.39 is 17.2 Å². The first-order valence-electron chi connectivity index (χ1n) is 9.92. The molecule has 0 spiro atoms. The molecule has 0 radical (unpaired) electrons. The quantitative estimate of drug-likeness (QED) is 0.428. The van der Waals surface area contributed by atoms with Crippen molar-refractivity contribution < 1.29 is 9.53 Å². The molecule has 0 saturated heterocycles. The van der Waals surface area contributed by atoms with Crippen LogP contribution < -0.4 is 11.2 Å². The minimum atomic E-state index is -0.562. The van der Waals surface area contributed by atoms with Gasteiger partial charge in [-0.15, -0.1) is 0 Å². The lowest BCUT2D eigenvalue weighted by Crippen LogP contribution is -2.39. The fourth-order valence-corrected chi connectivity index (χ4v) is 3.98. The van der Waals surface area contributed by atoms with Crippen LogP contribution in [0.4, 0.5) is 0 Å². The minimum absolute atomic E-state index is 0.202. The number of nitrogens with zero attached hydrogens (tertiary/aromatic N) is 3. The summed E-state index contributed by atoms with van der Waals surface area (Å²) in [6.07, 6.45) is 0.696. The maximum atomic E-state index is 13.5. The summed E-state index contributed by atoms with van der Waals surface area (Å²) in [5, 5.41) is 9.41. The number of nitriles is 1. The summed E-state index contributed by atoms with van der Waals surface area (Å²) in [7, 11) is 0. The topological polar surface area (TPSA) is 94.1 Å². The van der Waals surface area contributed by atoms with Gasteiger partial charge < -0.3 is 4.74 Å². The normalized spacial score (nSPS) is 10.8. The van der Waals surface area contributed by atoms with Gasteiger partial charge in [0.15, 0.2) is 0 Å². The van der Waals surface area contributed by atoms with Crippen molar-refractivity contribution in [2.24, 2.45) is 0 Å². The average molecular weight is 440 g/mol. The lowest BCUT2D eigenvalue weighted by atomic mass is 9.98.